The second-order valence-electron chi connectivity index (χ2n) is 10.8. The Kier molecular flexibility index (Phi) is 9.64. The number of rotatable bonds is 9. The van der Waals surface area contributed by atoms with Gasteiger partial charge in [-0.05, 0) is 89.1 Å². The molecule has 40 heavy (non-hydrogen) atoms. The van der Waals surface area contributed by atoms with Crippen LogP contribution in [0.4, 0.5) is 10.1 Å². The number of hydrogen-bond acceptors (Lipinski definition) is 4. The van der Waals surface area contributed by atoms with Crippen LogP contribution in [0.3, 0.4) is 0 Å². The Labute approximate surface area is 241 Å². The molecule has 3 aromatic carbocycles. The van der Waals surface area contributed by atoms with Crippen molar-refractivity contribution in [2.75, 3.05) is 10.8 Å². The Morgan fingerprint density at radius 1 is 0.975 bits per heavy atom. The molecule has 0 aliphatic heterocycles. The molecule has 0 fully saturated rings. The van der Waals surface area contributed by atoms with E-state index in [0.29, 0.717) is 16.1 Å². The lowest BCUT2D eigenvalue weighted by Gasteiger charge is -2.34. The summed E-state index contributed by atoms with van der Waals surface area (Å²) in [4.78, 5) is 28.4. The van der Waals surface area contributed by atoms with E-state index in [4.69, 9.17) is 11.6 Å². The fourth-order valence-corrected chi connectivity index (χ4v) is 5.70. The standard InChI is InChI=1S/C30H35ClFN3O4S/c1-20-10-16-25(17-11-20)40(38,39)35(27-9-7-8-26(31)21(27)2)19-28(36)34(18-23-12-14-24(32)15-13-23)22(3)29(37)33-30(4,5)6/h7-17,22H,18-19H2,1-6H3,(H,33,37)/t22-/m1/s1. The molecule has 3 aromatic rings. The topological polar surface area (TPSA) is 86.8 Å². The van der Waals surface area contributed by atoms with E-state index in [0.717, 1.165) is 9.87 Å². The summed E-state index contributed by atoms with van der Waals surface area (Å²) in [5, 5.41) is 3.21. The van der Waals surface area contributed by atoms with Crippen molar-refractivity contribution in [3.05, 3.63) is 94.3 Å². The SMILES string of the molecule is Cc1ccc(S(=O)(=O)N(CC(=O)N(Cc2ccc(F)cc2)[C@H](C)C(=O)NC(C)(C)C)c2cccc(Cl)c2C)cc1. The molecule has 0 aromatic heterocycles. The summed E-state index contributed by atoms with van der Waals surface area (Å²) in [6.45, 7) is 9.93. The molecule has 0 saturated heterocycles. The lowest BCUT2D eigenvalue weighted by atomic mass is 10.1. The molecule has 0 radical (unpaired) electrons. The maximum Gasteiger partial charge on any atom is 0.264 e. The van der Waals surface area contributed by atoms with Gasteiger partial charge in [0.2, 0.25) is 11.8 Å². The number of halogens is 2. The zero-order valence-corrected chi connectivity index (χ0v) is 25.1. The molecular formula is C30H35ClFN3O4S. The van der Waals surface area contributed by atoms with Crippen molar-refractivity contribution in [3.8, 4) is 0 Å². The van der Waals surface area contributed by atoms with Gasteiger partial charge >= 0.3 is 0 Å². The van der Waals surface area contributed by atoms with E-state index in [9.17, 15) is 22.4 Å². The van der Waals surface area contributed by atoms with Crippen molar-refractivity contribution in [2.24, 2.45) is 0 Å². The van der Waals surface area contributed by atoms with Gasteiger partial charge in [-0.25, -0.2) is 12.8 Å². The third-order valence-corrected chi connectivity index (χ3v) is 8.51. The maximum absolute atomic E-state index is 14.0. The summed E-state index contributed by atoms with van der Waals surface area (Å²) < 4.78 is 42.5. The second-order valence-corrected chi connectivity index (χ2v) is 13.0. The fourth-order valence-electron chi connectivity index (χ4n) is 4.06. The molecule has 3 rings (SSSR count). The van der Waals surface area contributed by atoms with Gasteiger partial charge in [0.05, 0.1) is 10.6 Å². The average Bonchev–Trinajstić information content (AvgIpc) is 2.87. The minimum atomic E-state index is -4.21. The van der Waals surface area contributed by atoms with Crippen molar-refractivity contribution in [1.82, 2.24) is 10.2 Å². The summed E-state index contributed by atoms with van der Waals surface area (Å²) in [6, 6.07) is 15.8. The Morgan fingerprint density at radius 3 is 2.15 bits per heavy atom. The summed E-state index contributed by atoms with van der Waals surface area (Å²) in [5.41, 5.74) is 1.63. The van der Waals surface area contributed by atoms with Crippen LogP contribution in [-0.2, 0) is 26.2 Å². The fraction of sp³-hybridized carbons (Fsp3) is 0.333. The number of amides is 2. The normalized spacial score (nSPS) is 12.5. The zero-order chi connectivity index (χ0) is 29.8. The number of nitrogens with zero attached hydrogens (tertiary/aromatic N) is 2. The smallest absolute Gasteiger partial charge is 0.264 e. The van der Waals surface area contributed by atoms with Crippen LogP contribution in [0, 0.1) is 19.7 Å². The summed E-state index contributed by atoms with van der Waals surface area (Å²) in [6.07, 6.45) is 0. The first-order valence-electron chi connectivity index (χ1n) is 12.8. The number of benzene rings is 3. The number of aryl methyl sites for hydroxylation is 1. The average molecular weight is 588 g/mol. The van der Waals surface area contributed by atoms with Gasteiger partial charge in [-0.3, -0.25) is 13.9 Å². The molecular weight excluding hydrogens is 553 g/mol. The van der Waals surface area contributed by atoms with E-state index in [1.54, 1.807) is 44.2 Å². The van der Waals surface area contributed by atoms with Crippen LogP contribution >= 0.6 is 11.6 Å². The highest BCUT2D eigenvalue weighted by molar-refractivity contribution is 7.92. The van der Waals surface area contributed by atoms with Crippen molar-refractivity contribution >= 4 is 39.1 Å². The first-order valence-corrected chi connectivity index (χ1v) is 14.6. The highest BCUT2D eigenvalue weighted by Crippen LogP contribution is 2.31. The number of hydrogen-bond donors (Lipinski definition) is 1. The highest BCUT2D eigenvalue weighted by Gasteiger charge is 2.34. The Balaban J connectivity index is 2.08. The monoisotopic (exact) mass is 587 g/mol. The molecule has 0 saturated carbocycles. The van der Waals surface area contributed by atoms with Gasteiger partial charge in [-0.15, -0.1) is 0 Å². The third-order valence-electron chi connectivity index (χ3n) is 6.33. The number of carbonyl (C=O) groups excluding carboxylic acids is 2. The minimum absolute atomic E-state index is 0.00823. The van der Waals surface area contributed by atoms with Gasteiger partial charge in [0.1, 0.15) is 18.4 Å². The highest BCUT2D eigenvalue weighted by atomic mass is 35.5. The molecule has 7 nitrogen and oxygen atoms in total. The lowest BCUT2D eigenvalue weighted by Crippen LogP contribution is -2.54. The van der Waals surface area contributed by atoms with Gasteiger partial charge in [-0.2, -0.15) is 0 Å². The van der Waals surface area contributed by atoms with Gasteiger partial charge in [0, 0.05) is 17.1 Å². The van der Waals surface area contributed by atoms with E-state index in [-0.39, 0.29) is 17.1 Å². The molecule has 214 valence electrons. The number of anilines is 1. The lowest BCUT2D eigenvalue weighted by molar-refractivity contribution is -0.140. The third kappa shape index (κ3) is 7.61. The largest absolute Gasteiger partial charge is 0.350 e. The molecule has 0 unspecified atom stereocenters. The molecule has 1 N–H and O–H groups in total. The molecule has 0 aliphatic rings. The van der Waals surface area contributed by atoms with E-state index >= 15 is 0 Å². The number of sulfonamides is 1. The Hall–Kier alpha value is -3.43. The molecule has 0 aliphatic carbocycles. The summed E-state index contributed by atoms with van der Waals surface area (Å²) in [7, 11) is -4.21. The van der Waals surface area contributed by atoms with Gasteiger partial charge in [-0.1, -0.05) is 47.5 Å². The van der Waals surface area contributed by atoms with E-state index in [2.05, 4.69) is 5.32 Å². The minimum Gasteiger partial charge on any atom is -0.350 e. The summed E-state index contributed by atoms with van der Waals surface area (Å²) >= 11 is 6.35. The van der Waals surface area contributed by atoms with Gasteiger partial charge in [0.15, 0.2) is 0 Å². The predicted molar refractivity (Wildman–Crippen MR) is 156 cm³/mol. The molecule has 2 amide bonds. The van der Waals surface area contributed by atoms with Crippen LogP contribution in [0.5, 0.6) is 0 Å². The van der Waals surface area contributed by atoms with E-state index in [1.165, 1.54) is 41.3 Å². The quantitative estimate of drug-likeness (QED) is 0.352. The maximum atomic E-state index is 14.0. The molecule has 1 atom stereocenters. The molecule has 10 heteroatoms. The van der Waals surface area contributed by atoms with Gasteiger partial charge in [0.25, 0.3) is 10.0 Å². The van der Waals surface area contributed by atoms with Crippen LogP contribution < -0.4 is 9.62 Å². The zero-order valence-electron chi connectivity index (χ0n) is 23.5. The van der Waals surface area contributed by atoms with E-state index < -0.39 is 45.8 Å². The van der Waals surface area contributed by atoms with Crippen molar-refractivity contribution in [2.45, 2.75) is 64.6 Å². The van der Waals surface area contributed by atoms with E-state index in [1.807, 2.05) is 27.7 Å². The van der Waals surface area contributed by atoms with Crippen LogP contribution in [0.25, 0.3) is 0 Å². The predicted octanol–water partition coefficient (Wildman–Crippen LogP) is 5.62. The van der Waals surface area contributed by atoms with Crippen LogP contribution in [0.15, 0.2) is 71.6 Å². The number of carbonyl (C=O) groups is 2. The molecule has 0 spiro atoms. The van der Waals surface area contributed by atoms with Crippen molar-refractivity contribution in [1.29, 1.82) is 0 Å². The van der Waals surface area contributed by atoms with Crippen LogP contribution in [-0.4, -0.2) is 43.3 Å². The first kappa shape index (κ1) is 31.1. The second kappa shape index (κ2) is 12.4. The first-order chi connectivity index (χ1) is 18.6. The number of nitrogens with one attached hydrogen (secondary N) is 1. The Morgan fingerprint density at radius 2 is 1.57 bits per heavy atom. The van der Waals surface area contributed by atoms with Crippen LogP contribution in [0.1, 0.15) is 44.4 Å². The molecule has 0 heterocycles. The van der Waals surface area contributed by atoms with Crippen LogP contribution in [0.2, 0.25) is 5.02 Å². The molecule has 0 bridgehead atoms. The van der Waals surface area contributed by atoms with Crippen molar-refractivity contribution < 1.29 is 22.4 Å². The van der Waals surface area contributed by atoms with Crippen molar-refractivity contribution in [3.63, 3.8) is 0 Å². The summed E-state index contributed by atoms with van der Waals surface area (Å²) in [5.74, 6) is -1.46. The van der Waals surface area contributed by atoms with Gasteiger partial charge < -0.3 is 10.2 Å². The Bertz CT molecular complexity index is 1470.